The van der Waals surface area contributed by atoms with Crippen LogP contribution in [0.2, 0.25) is 0 Å². The molecule has 14 heteroatoms. The van der Waals surface area contributed by atoms with Gasteiger partial charge in [-0.3, -0.25) is 9.63 Å². The third kappa shape index (κ3) is 5.15. The Bertz CT molecular complexity index is 773. The first kappa shape index (κ1) is 22.0. The summed E-state index contributed by atoms with van der Waals surface area (Å²) in [7, 11) is -3.75. The minimum absolute atomic E-state index is 0.0149. The SMILES string of the molecule is CCOC(=O)[C@H](F)ON1C(=O)N2C[C@H]1C=C(C)[C@H]2C(=O)NOCCS(N)(=O)=O. The van der Waals surface area contributed by atoms with Gasteiger partial charge in [0.15, 0.2) is 0 Å². The number of nitrogens with two attached hydrogens (primary N) is 1. The maximum atomic E-state index is 13.8. The normalized spacial score (nSPS) is 22.7. The van der Waals surface area contributed by atoms with Gasteiger partial charge in [-0.15, -0.1) is 0 Å². The van der Waals surface area contributed by atoms with Gasteiger partial charge < -0.3 is 9.64 Å². The molecule has 1 saturated heterocycles. The number of ether oxygens (including phenoxy) is 1. The van der Waals surface area contributed by atoms with E-state index in [1.807, 2.05) is 5.48 Å². The zero-order valence-electron chi connectivity index (χ0n) is 15.2. The molecule has 158 valence electrons. The van der Waals surface area contributed by atoms with Crippen LogP contribution in [0.4, 0.5) is 9.18 Å². The number of amides is 3. The Hall–Kier alpha value is -2.29. The van der Waals surface area contributed by atoms with Gasteiger partial charge in [0.05, 0.1) is 31.6 Å². The van der Waals surface area contributed by atoms with Crippen molar-refractivity contribution in [1.82, 2.24) is 15.4 Å². The molecule has 0 radical (unpaired) electrons. The van der Waals surface area contributed by atoms with E-state index in [2.05, 4.69) is 4.74 Å². The Kier molecular flexibility index (Phi) is 6.92. The molecule has 2 heterocycles. The van der Waals surface area contributed by atoms with Crippen molar-refractivity contribution >= 4 is 27.9 Å². The molecular formula is C14H21FN4O8S. The molecule has 0 saturated carbocycles. The minimum Gasteiger partial charge on any atom is -0.462 e. The Morgan fingerprint density at radius 1 is 1.46 bits per heavy atom. The fourth-order valence-corrected chi connectivity index (χ4v) is 3.07. The van der Waals surface area contributed by atoms with Crippen LogP contribution in [0.25, 0.3) is 0 Å². The highest BCUT2D eigenvalue weighted by Gasteiger charge is 2.48. The number of carbonyl (C=O) groups is 3. The number of sulfonamides is 1. The molecule has 1 fully saturated rings. The number of nitrogens with one attached hydrogen (secondary N) is 1. The van der Waals surface area contributed by atoms with Crippen LogP contribution in [0.15, 0.2) is 11.6 Å². The summed E-state index contributed by atoms with van der Waals surface area (Å²) in [5.74, 6) is -2.52. The lowest BCUT2D eigenvalue weighted by molar-refractivity contribution is -0.223. The van der Waals surface area contributed by atoms with E-state index in [1.54, 1.807) is 6.92 Å². The van der Waals surface area contributed by atoms with Gasteiger partial charge in [0.1, 0.15) is 6.04 Å². The van der Waals surface area contributed by atoms with Crippen molar-refractivity contribution in [3.05, 3.63) is 11.6 Å². The van der Waals surface area contributed by atoms with Crippen LogP contribution in [-0.4, -0.2) is 80.2 Å². The average molecular weight is 424 g/mol. The van der Waals surface area contributed by atoms with Gasteiger partial charge in [0.25, 0.3) is 5.91 Å². The zero-order valence-corrected chi connectivity index (χ0v) is 16.0. The first-order chi connectivity index (χ1) is 13.0. The standard InChI is InChI=1S/C14H21FN4O8S/c1-3-25-13(21)11(15)27-19-9-6-8(2)10(18(7-9)14(19)22)12(20)17-26-4-5-28(16,23)24/h6,9-11H,3-5,7H2,1-2H3,(H,17,20)(H2,16,23,24)/t9-,10+,11-/m1/s1. The van der Waals surface area contributed by atoms with E-state index in [-0.39, 0.29) is 19.8 Å². The number of halogens is 1. The van der Waals surface area contributed by atoms with Crippen molar-refractivity contribution in [3.63, 3.8) is 0 Å². The Balaban J connectivity index is 1.99. The molecule has 2 bridgehead atoms. The number of alkyl halides is 1. The van der Waals surface area contributed by atoms with Crippen LogP contribution in [0, 0.1) is 0 Å². The van der Waals surface area contributed by atoms with E-state index in [1.165, 1.54) is 13.0 Å². The van der Waals surface area contributed by atoms with Crippen LogP contribution in [0.1, 0.15) is 13.8 Å². The molecule has 0 aromatic rings. The Morgan fingerprint density at radius 3 is 2.75 bits per heavy atom. The number of rotatable bonds is 9. The lowest BCUT2D eigenvalue weighted by Gasteiger charge is -2.28. The molecule has 2 rings (SSSR count). The van der Waals surface area contributed by atoms with Crippen molar-refractivity contribution in [2.45, 2.75) is 32.3 Å². The minimum atomic E-state index is -3.75. The molecule has 28 heavy (non-hydrogen) atoms. The highest BCUT2D eigenvalue weighted by molar-refractivity contribution is 7.89. The van der Waals surface area contributed by atoms with E-state index in [4.69, 9.17) is 14.8 Å². The highest BCUT2D eigenvalue weighted by Crippen LogP contribution is 2.30. The Labute approximate surface area is 160 Å². The molecule has 12 nitrogen and oxygen atoms in total. The van der Waals surface area contributed by atoms with E-state index < -0.39 is 52.1 Å². The molecular weight excluding hydrogens is 403 g/mol. The van der Waals surface area contributed by atoms with Gasteiger partial charge in [-0.2, -0.15) is 5.06 Å². The fourth-order valence-electron chi connectivity index (χ4n) is 2.76. The van der Waals surface area contributed by atoms with Crippen LogP contribution in [0.5, 0.6) is 0 Å². The maximum Gasteiger partial charge on any atom is 0.370 e. The van der Waals surface area contributed by atoms with Crippen molar-refractivity contribution < 1.29 is 41.6 Å². The summed E-state index contributed by atoms with van der Waals surface area (Å²) < 4.78 is 40.0. The van der Waals surface area contributed by atoms with Gasteiger partial charge in [-0.05, 0) is 19.4 Å². The van der Waals surface area contributed by atoms with E-state index in [9.17, 15) is 27.2 Å². The van der Waals surface area contributed by atoms with Gasteiger partial charge in [0, 0.05) is 0 Å². The predicted octanol–water partition coefficient (Wildman–Crippen LogP) is -1.45. The number of hydrogen-bond acceptors (Lipinski definition) is 8. The second-order valence-electron chi connectivity index (χ2n) is 6.00. The van der Waals surface area contributed by atoms with Crippen LogP contribution < -0.4 is 10.6 Å². The number of esters is 1. The maximum absolute atomic E-state index is 13.8. The summed E-state index contributed by atoms with van der Waals surface area (Å²) in [6.45, 7) is 2.64. The second kappa shape index (κ2) is 8.81. The number of carbonyl (C=O) groups excluding carboxylic acids is 3. The lowest BCUT2D eigenvalue weighted by Crippen LogP contribution is -2.50. The van der Waals surface area contributed by atoms with Gasteiger partial charge in [-0.25, -0.2) is 37.9 Å². The third-order valence-corrected chi connectivity index (χ3v) is 4.62. The van der Waals surface area contributed by atoms with Crippen molar-refractivity contribution in [2.75, 3.05) is 25.5 Å². The first-order valence-electron chi connectivity index (χ1n) is 8.23. The molecule has 3 amide bonds. The van der Waals surface area contributed by atoms with Crippen molar-refractivity contribution in [2.24, 2.45) is 5.14 Å². The molecule has 3 N–H and O–H groups in total. The number of fused-ring (bicyclic) bond motifs is 2. The van der Waals surface area contributed by atoms with Crippen LogP contribution >= 0.6 is 0 Å². The van der Waals surface area contributed by atoms with E-state index in [0.717, 1.165) is 4.90 Å². The molecule has 0 aliphatic carbocycles. The van der Waals surface area contributed by atoms with Crippen LogP contribution in [-0.2, 0) is 34.0 Å². The number of primary sulfonamides is 1. The lowest BCUT2D eigenvalue weighted by atomic mass is 10.0. The molecule has 2 aliphatic rings. The van der Waals surface area contributed by atoms with E-state index >= 15 is 0 Å². The average Bonchev–Trinajstić information content (AvgIpc) is 2.83. The van der Waals surface area contributed by atoms with Gasteiger partial charge in [-0.1, -0.05) is 6.08 Å². The van der Waals surface area contributed by atoms with Crippen molar-refractivity contribution in [3.8, 4) is 0 Å². The third-order valence-electron chi connectivity index (χ3n) is 3.89. The monoisotopic (exact) mass is 424 g/mol. The molecule has 2 aliphatic heterocycles. The van der Waals surface area contributed by atoms with Crippen molar-refractivity contribution in [1.29, 1.82) is 0 Å². The highest BCUT2D eigenvalue weighted by atomic mass is 32.2. The van der Waals surface area contributed by atoms with E-state index in [0.29, 0.717) is 10.6 Å². The number of hydroxylamine groups is 3. The van der Waals surface area contributed by atoms with Crippen LogP contribution in [0.3, 0.4) is 0 Å². The summed E-state index contributed by atoms with van der Waals surface area (Å²) in [5.41, 5.74) is 2.50. The molecule has 3 atom stereocenters. The molecule has 0 aromatic carbocycles. The zero-order chi connectivity index (χ0) is 21.1. The fraction of sp³-hybridized carbons (Fsp3) is 0.643. The summed E-state index contributed by atoms with van der Waals surface area (Å²) in [6, 6.07) is -2.60. The molecule has 0 aromatic heterocycles. The molecule has 0 unspecified atom stereocenters. The quantitative estimate of drug-likeness (QED) is 0.197. The summed E-state index contributed by atoms with van der Waals surface area (Å²) in [5, 5.41) is 5.48. The number of urea groups is 1. The number of hydrogen-bond donors (Lipinski definition) is 2. The summed E-state index contributed by atoms with van der Waals surface area (Å²) >= 11 is 0. The predicted molar refractivity (Wildman–Crippen MR) is 90.0 cm³/mol. The largest absolute Gasteiger partial charge is 0.462 e. The topological polar surface area (TPSA) is 158 Å². The van der Waals surface area contributed by atoms with Gasteiger partial charge >= 0.3 is 18.4 Å². The second-order valence-corrected chi connectivity index (χ2v) is 7.73. The first-order valence-corrected chi connectivity index (χ1v) is 9.94. The molecule has 0 spiro atoms. The summed E-state index contributed by atoms with van der Waals surface area (Å²) in [4.78, 5) is 46.8. The Morgan fingerprint density at radius 2 is 2.14 bits per heavy atom. The number of nitrogens with zero attached hydrogens (tertiary/aromatic N) is 2. The summed E-state index contributed by atoms with van der Waals surface area (Å²) in [6.07, 6.45) is -0.972. The smallest absolute Gasteiger partial charge is 0.370 e. The van der Waals surface area contributed by atoms with Gasteiger partial charge in [0.2, 0.25) is 10.0 Å².